The quantitative estimate of drug-likeness (QED) is 0.570. The van der Waals surface area contributed by atoms with Gasteiger partial charge in [0, 0.05) is 23.4 Å². The molecule has 1 saturated heterocycles. The topological polar surface area (TPSA) is 71.5 Å². The van der Waals surface area contributed by atoms with Crippen molar-refractivity contribution in [1.29, 1.82) is 0 Å². The van der Waals surface area contributed by atoms with Gasteiger partial charge in [0.2, 0.25) is 11.8 Å². The van der Waals surface area contributed by atoms with Gasteiger partial charge in [0.1, 0.15) is 5.75 Å². The average Bonchev–Trinajstić information content (AvgIpc) is 3.34. The summed E-state index contributed by atoms with van der Waals surface area (Å²) in [5.74, 6) is 1.00. The molecular formula is C22H20ClN3O3S. The van der Waals surface area contributed by atoms with E-state index in [0.29, 0.717) is 46.0 Å². The molecule has 0 spiro atoms. The minimum Gasteiger partial charge on any atom is -0.455 e. The summed E-state index contributed by atoms with van der Waals surface area (Å²) in [7, 11) is 0. The van der Waals surface area contributed by atoms with Crippen molar-refractivity contribution < 1.29 is 14.3 Å². The first-order valence-corrected chi connectivity index (χ1v) is 10.8. The third-order valence-electron chi connectivity index (χ3n) is 4.65. The lowest BCUT2D eigenvalue weighted by Gasteiger charge is -2.13. The van der Waals surface area contributed by atoms with Gasteiger partial charge in [-0.05, 0) is 43.7 Å². The molecule has 0 bridgehead atoms. The predicted octanol–water partition coefficient (Wildman–Crippen LogP) is 5.21. The highest BCUT2D eigenvalue weighted by molar-refractivity contribution is 7.14. The second kappa shape index (κ2) is 8.85. The van der Waals surface area contributed by atoms with Gasteiger partial charge in [-0.1, -0.05) is 29.3 Å². The van der Waals surface area contributed by atoms with Gasteiger partial charge in [-0.2, -0.15) is 0 Å². The largest absolute Gasteiger partial charge is 0.455 e. The van der Waals surface area contributed by atoms with Crippen molar-refractivity contribution in [1.82, 2.24) is 4.98 Å². The number of hydrogen-bond donors (Lipinski definition) is 1. The Morgan fingerprint density at radius 3 is 2.80 bits per heavy atom. The van der Waals surface area contributed by atoms with E-state index in [2.05, 4.69) is 10.3 Å². The Morgan fingerprint density at radius 1 is 1.27 bits per heavy atom. The maximum atomic E-state index is 12.6. The SMILES string of the molecule is Cc1ccc(Oc2ccc(Cl)cc2NC(=O)Cc2csc(N3CCCC3=O)n2)cc1. The molecule has 1 aliphatic heterocycles. The monoisotopic (exact) mass is 441 g/mol. The minimum atomic E-state index is -0.240. The van der Waals surface area contributed by atoms with Crippen molar-refractivity contribution in [3.8, 4) is 11.5 Å². The number of ether oxygens (including phenoxy) is 1. The molecule has 154 valence electrons. The molecule has 30 heavy (non-hydrogen) atoms. The van der Waals surface area contributed by atoms with Crippen molar-refractivity contribution in [3.63, 3.8) is 0 Å². The number of hydrogen-bond acceptors (Lipinski definition) is 5. The molecule has 8 heteroatoms. The zero-order valence-corrected chi connectivity index (χ0v) is 17.9. The van der Waals surface area contributed by atoms with Crippen LogP contribution in [-0.2, 0) is 16.0 Å². The summed E-state index contributed by atoms with van der Waals surface area (Å²) in [4.78, 5) is 30.6. The third kappa shape index (κ3) is 4.80. The third-order valence-corrected chi connectivity index (χ3v) is 5.80. The van der Waals surface area contributed by atoms with E-state index >= 15 is 0 Å². The molecule has 1 fully saturated rings. The van der Waals surface area contributed by atoms with Gasteiger partial charge >= 0.3 is 0 Å². The number of thiazole rings is 1. The molecule has 0 radical (unpaired) electrons. The van der Waals surface area contributed by atoms with E-state index in [1.54, 1.807) is 23.1 Å². The van der Waals surface area contributed by atoms with E-state index in [4.69, 9.17) is 16.3 Å². The van der Waals surface area contributed by atoms with Crippen LogP contribution in [0.1, 0.15) is 24.1 Å². The Balaban J connectivity index is 1.45. The minimum absolute atomic E-state index is 0.0807. The fourth-order valence-electron chi connectivity index (χ4n) is 3.13. The van der Waals surface area contributed by atoms with Crippen LogP contribution in [0.2, 0.25) is 5.02 Å². The highest BCUT2D eigenvalue weighted by Crippen LogP contribution is 2.32. The molecule has 0 atom stereocenters. The summed E-state index contributed by atoms with van der Waals surface area (Å²) >= 11 is 7.49. The van der Waals surface area contributed by atoms with Gasteiger partial charge in [-0.25, -0.2) is 4.98 Å². The molecule has 0 unspecified atom stereocenters. The van der Waals surface area contributed by atoms with Gasteiger partial charge in [-0.15, -0.1) is 11.3 Å². The van der Waals surface area contributed by atoms with E-state index in [1.807, 2.05) is 36.6 Å². The Hall–Kier alpha value is -2.90. The maximum absolute atomic E-state index is 12.6. The molecule has 0 saturated carbocycles. The summed E-state index contributed by atoms with van der Waals surface area (Å²) in [6, 6.07) is 12.7. The fourth-order valence-corrected chi connectivity index (χ4v) is 4.17. The molecule has 1 N–H and O–H groups in total. The number of carbonyl (C=O) groups excluding carboxylic acids is 2. The van der Waals surface area contributed by atoms with Crippen molar-refractivity contribution in [2.75, 3.05) is 16.8 Å². The van der Waals surface area contributed by atoms with Crippen LogP contribution in [0.25, 0.3) is 0 Å². The summed E-state index contributed by atoms with van der Waals surface area (Å²) in [6.45, 7) is 2.68. The molecule has 0 aliphatic carbocycles. The Labute approximate surface area is 183 Å². The van der Waals surface area contributed by atoms with E-state index in [0.717, 1.165) is 12.0 Å². The number of amides is 2. The van der Waals surface area contributed by atoms with Gasteiger partial charge in [0.15, 0.2) is 10.9 Å². The first-order valence-electron chi connectivity index (χ1n) is 9.56. The summed E-state index contributed by atoms with van der Waals surface area (Å²) < 4.78 is 5.92. The summed E-state index contributed by atoms with van der Waals surface area (Å²) in [5, 5.41) is 5.80. The summed E-state index contributed by atoms with van der Waals surface area (Å²) in [6.07, 6.45) is 1.48. The van der Waals surface area contributed by atoms with Crippen molar-refractivity contribution >= 4 is 45.6 Å². The lowest BCUT2D eigenvalue weighted by Crippen LogP contribution is -2.23. The van der Waals surface area contributed by atoms with Crippen LogP contribution in [-0.4, -0.2) is 23.3 Å². The van der Waals surface area contributed by atoms with Crippen LogP contribution in [0.4, 0.5) is 10.8 Å². The van der Waals surface area contributed by atoms with Gasteiger partial charge in [0.25, 0.3) is 0 Å². The number of nitrogens with zero attached hydrogens (tertiary/aromatic N) is 2. The van der Waals surface area contributed by atoms with Crippen LogP contribution in [0, 0.1) is 6.92 Å². The van der Waals surface area contributed by atoms with E-state index < -0.39 is 0 Å². The number of halogens is 1. The van der Waals surface area contributed by atoms with Gasteiger partial charge in [-0.3, -0.25) is 14.5 Å². The number of anilines is 2. The Morgan fingerprint density at radius 2 is 2.07 bits per heavy atom. The van der Waals surface area contributed by atoms with E-state index in [9.17, 15) is 9.59 Å². The van der Waals surface area contributed by atoms with Crippen molar-refractivity contribution in [3.05, 3.63) is 64.1 Å². The average molecular weight is 442 g/mol. The summed E-state index contributed by atoms with van der Waals surface area (Å²) in [5.41, 5.74) is 2.23. The van der Waals surface area contributed by atoms with E-state index in [-0.39, 0.29) is 18.2 Å². The smallest absolute Gasteiger partial charge is 0.230 e. The first-order chi connectivity index (χ1) is 14.5. The van der Waals surface area contributed by atoms with Crippen LogP contribution in [0.5, 0.6) is 11.5 Å². The predicted molar refractivity (Wildman–Crippen MR) is 119 cm³/mol. The van der Waals surface area contributed by atoms with E-state index in [1.165, 1.54) is 11.3 Å². The number of rotatable bonds is 6. The molecule has 2 amide bonds. The molecule has 4 rings (SSSR count). The van der Waals surface area contributed by atoms with Crippen molar-refractivity contribution in [2.45, 2.75) is 26.2 Å². The fraction of sp³-hybridized carbons (Fsp3) is 0.227. The molecule has 1 aliphatic rings. The Bertz CT molecular complexity index is 1080. The molecular weight excluding hydrogens is 422 g/mol. The second-order valence-electron chi connectivity index (χ2n) is 7.05. The maximum Gasteiger partial charge on any atom is 0.230 e. The van der Waals surface area contributed by atoms with Crippen LogP contribution in [0.15, 0.2) is 47.8 Å². The number of carbonyl (C=O) groups is 2. The molecule has 2 heterocycles. The zero-order chi connectivity index (χ0) is 21.1. The zero-order valence-electron chi connectivity index (χ0n) is 16.4. The van der Waals surface area contributed by atoms with Crippen LogP contribution >= 0.6 is 22.9 Å². The second-order valence-corrected chi connectivity index (χ2v) is 8.32. The van der Waals surface area contributed by atoms with Gasteiger partial charge < -0.3 is 10.1 Å². The normalized spacial score (nSPS) is 13.5. The lowest BCUT2D eigenvalue weighted by molar-refractivity contribution is -0.117. The number of nitrogens with one attached hydrogen (secondary N) is 1. The lowest BCUT2D eigenvalue weighted by atomic mass is 10.2. The number of aromatic nitrogens is 1. The molecule has 6 nitrogen and oxygen atoms in total. The Kier molecular flexibility index (Phi) is 6.01. The van der Waals surface area contributed by atoms with Gasteiger partial charge in [0.05, 0.1) is 17.8 Å². The van der Waals surface area contributed by atoms with Crippen LogP contribution < -0.4 is 15.0 Å². The standard InChI is InChI=1S/C22H20ClN3O3S/c1-14-4-7-17(8-5-14)29-19-9-6-15(23)11-18(19)25-20(27)12-16-13-30-22(24-16)26-10-2-3-21(26)28/h4-9,11,13H,2-3,10,12H2,1H3,(H,25,27). The van der Waals surface area contributed by atoms with Crippen molar-refractivity contribution in [2.24, 2.45) is 0 Å². The number of aryl methyl sites for hydroxylation is 1. The molecule has 1 aromatic heterocycles. The van der Waals surface area contributed by atoms with Crippen LogP contribution in [0.3, 0.4) is 0 Å². The number of benzene rings is 2. The highest BCUT2D eigenvalue weighted by atomic mass is 35.5. The molecule has 3 aromatic rings. The highest BCUT2D eigenvalue weighted by Gasteiger charge is 2.24. The molecule has 2 aromatic carbocycles. The first kappa shape index (κ1) is 20.4.